The molecular formula is C17H10Cl2O6. The normalized spacial score (nSPS) is 10.6. The van der Waals surface area contributed by atoms with Gasteiger partial charge in [0.25, 0.3) is 0 Å². The van der Waals surface area contributed by atoms with Crippen LogP contribution < -0.4 is 14.9 Å². The summed E-state index contributed by atoms with van der Waals surface area (Å²) >= 11 is 11.9. The number of hydrogen-bond donors (Lipinski definition) is 1. The topological polar surface area (TPSA) is 86.0 Å². The maximum absolute atomic E-state index is 12.5. The molecule has 0 spiro atoms. The first kappa shape index (κ1) is 17.1. The number of fused-ring (bicyclic) bond motifs is 1. The van der Waals surface area contributed by atoms with Crippen LogP contribution in [0.3, 0.4) is 0 Å². The van der Waals surface area contributed by atoms with Crippen LogP contribution in [0, 0.1) is 0 Å². The van der Waals surface area contributed by atoms with Crippen molar-refractivity contribution in [2.45, 2.75) is 0 Å². The number of carbonyl (C=O) groups is 1. The second kappa shape index (κ2) is 7.04. The standard InChI is InChI=1S/C17H10Cl2O6/c18-9-1-4-12(19)14(5-9)25-15-7-24-13-6-10(23-8-16(20)21)2-3-11(13)17(15)22/h1-7H,8H2,(H,20,21). The first-order valence-electron chi connectivity index (χ1n) is 6.97. The van der Waals surface area contributed by atoms with Gasteiger partial charge in [-0.2, -0.15) is 0 Å². The van der Waals surface area contributed by atoms with Gasteiger partial charge in [-0.05, 0) is 24.3 Å². The summed E-state index contributed by atoms with van der Waals surface area (Å²) in [7, 11) is 0. The molecule has 6 nitrogen and oxygen atoms in total. The quantitative estimate of drug-likeness (QED) is 0.707. The van der Waals surface area contributed by atoms with Gasteiger partial charge in [0.15, 0.2) is 6.61 Å². The third-order valence-corrected chi connectivity index (χ3v) is 3.74. The van der Waals surface area contributed by atoms with E-state index in [1.54, 1.807) is 12.1 Å². The van der Waals surface area contributed by atoms with Crippen LogP contribution >= 0.6 is 23.2 Å². The summed E-state index contributed by atoms with van der Waals surface area (Å²) in [5.41, 5.74) is -0.181. The Labute approximate surface area is 151 Å². The van der Waals surface area contributed by atoms with Crippen molar-refractivity contribution in [3.05, 3.63) is 62.9 Å². The van der Waals surface area contributed by atoms with Gasteiger partial charge in [0.05, 0.1) is 10.4 Å². The van der Waals surface area contributed by atoms with Crippen molar-refractivity contribution in [2.24, 2.45) is 0 Å². The van der Waals surface area contributed by atoms with E-state index in [1.807, 2.05) is 0 Å². The zero-order valence-corrected chi connectivity index (χ0v) is 14.0. The van der Waals surface area contributed by atoms with Gasteiger partial charge in [-0.15, -0.1) is 0 Å². The minimum absolute atomic E-state index is 0.0594. The Morgan fingerprint density at radius 1 is 1.12 bits per heavy atom. The van der Waals surface area contributed by atoms with E-state index in [1.165, 1.54) is 24.3 Å². The van der Waals surface area contributed by atoms with Gasteiger partial charge in [0.2, 0.25) is 11.2 Å². The molecule has 3 rings (SSSR count). The molecule has 1 N–H and O–H groups in total. The van der Waals surface area contributed by atoms with Gasteiger partial charge in [-0.3, -0.25) is 4.79 Å². The van der Waals surface area contributed by atoms with E-state index in [4.69, 9.17) is 42.2 Å². The summed E-state index contributed by atoms with van der Waals surface area (Å²) in [6.07, 6.45) is 1.14. The zero-order valence-electron chi connectivity index (χ0n) is 12.5. The fourth-order valence-electron chi connectivity index (χ4n) is 2.07. The maximum Gasteiger partial charge on any atom is 0.341 e. The number of benzene rings is 2. The average Bonchev–Trinajstić information content (AvgIpc) is 2.58. The summed E-state index contributed by atoms with van der Waals surface area (Å²) in [5, 5.41) is 9.56. The summed E-state index contributed by atoms with van der Waals surface area (Å²) in [6.45, 7) is -0.496. The molecule has 0 amide bonds. The summed E-state index contributed by atoms with van der Waals surface area (Å²) in [4.78, 5) is 23.0. The van der Waals surface area contributed by atoms with E-state index in [-0.39, 0.29) is 28.2 Å². The van der Waals surface area contributed by atoms with Crippen molar-refractivity contribution in [2.75, 3.05) is 6.61 Å². The molecule has 25 heavy (non-hydrogen) atoms. The molecule has 0 aliphatic carbocycles. The molecule has 0 radical (unpaired) electrons. The molecule has 128 valence electrons. The van der Waals surface area contributed by atoms with E-state index in [2.05, 4.69) is 0 Å². The molecule has 0 aliphatic heterocycles. The fourth-order valence-corrected chi connectivity index (χ4v) is 2.39. The Kier molecular flexibility index (Phi) is 4.83. The molecular weight excluding hydrogens is 371 g/mol. The minimum Gasteiger partial charge on any atom is -0.482 e. The van der Waals surface area contributed by atoms with Gasteiger partial charge in [-0.25, -0.2) is 4.79 Å². The van der Waals surface area contributed by atoms with Crippen LogP contribution in [-0.2, 0) is 4.79 Å². The minimum atomic E-state index is -1.11. The number of ether oxygens (including phenoxy) is 2. The van der Waals surface area contributed by atoms with Crippen LogP contribution in [0.25, 0.3) is 11.0 Å². The SMILES string of the molecule is O=C(O)COc1ccc2c(=O)c(Oc3cc(Cl)ccc3Cl)coc2c1. The molecule has 1 aromatic heterocycles. The van der Waals surface area contributed by atoms with Crippen LogP contribution in [0.5, 0.6) is 17.2 Å². The van der Waals surface area contributed by atoms with Crippen molar-refractivity contribution >= 4 is 40.1 Å². The Hall–Kier alpha value is -2.70. The molecule has 0 saturated carbocycles. The number of carboxylic acids is 1. The Morgan fingerprint density at radius 2 is 1.92 bits per heavy atom. The molecule has 0 unspecified atom stereocenters. The number of aliphatic carboxylic acids is 1. The molecule has 0 fully saturated rings. The van der Waals surface area contributed by atoms with E-state index >= 15 is 0 Å². The smallest absolute Gasteiger partial charge is 0.341 e. The Bertz CT molecular complexity index is 1010. The van der Waals surface area contributed by atoms with Crippen LogP contribution in [0.15, 0.2) is 51.9 Å². The van der Waals surface area contributed by atoms with Crippen molar-refractivity contribution in [3.8, 4) is 17.2 Å². The highest BCUT2D eigenvalue weighted by molar-refractivity contribution is 6.34. The van der Waals surface area contributed by atoms with Gasteiger partial charge in [-0.1, -0.05) is 23.2 Å². The predicted molar refractivity (Wildman–Crippen MR) is 92.2 cm³/mol. The van der Waals surface area contributed by atoms with Crippen LogP contribution in [0.2, 0.25) is 10.0 Å². The molecule has 1 heterocycles. The third-order valence-electron chi connectivity index (χ3n) is 3.19. The highest BCUT2D eigenvalue weighted by atomic mass is 35.5. The Morgan fingerprint density at radius 3 is 2.68 bits per heavy atom. The monoisotopic (exact) mass is 380 g/mol. The number of halogens is 2. The van der Waals surface area contributed by atoms with Crippen molar-refractivity contribution in [3.63, 3.8) is 0 Å². The number of carboxylic acid groups (broad SMARTS) is 1. The first-order chi connectivity index (χ1) is 11.9. The van der Waals surface area contributed by atoms with Crippen LogP contribution in [-0.4, -0.2) is 17.7 Å². The molecule has 3 aromatic rings. The summed E-state index contributed by atoms with van der Waals surface area (Å²) < 4.78 is 15.9. The van der Waals surface area contributed by atoms with Crippen molar-refractivity contribution in [1.29, 1.82) is 0 Å². The zero-order chi connectivity index (χ0) is 18.0. The molecule has 8 heteroatoms. The molecule has 0 saturated heterocycles. The first-order valence-corrected chi connectivity index (χ1v) is 7.72. The van der Waals surface area contributed by atoms with Crippen molar-refractivity contribution in [1.82, 2.24) is 0 Å². The summed E-state index contributed by atoms with van der Waals surface area (Å²) in [5.74, 6) is -0.675. The lowest BCUT2D eigenvalue weighted by molar-refractivity contribution is -0.139. The number of hydrogen-bond acceptors (Lipinski definition) is 5. The maximum atomic E-state index is 12.5. The lowest BCUT2D eigenvalue weighted by Crippen LogP contribution is -2.09. The van der Waals surface area contributed by atoms with Gasteiger partial charge in [0, 0.05) is 17.2 Å². The molecule has 0 bridgehead atoms. The summed E-state index contributed by atoms with van der Waals surface area (Å²) in [6, 6.07) is 8.99. The molecule has 0 atom stereocenters. The molecule has 2 aromatic carbocycles. The van der Waals surface area contributed by atoms with E-state index in [9.17, 15) is 9.59 Å². The van der Waals surface area contributed by atoms with Gasteiger partial charge >= 0.3 is 5.97 Å². The predicted octanol–water partition coefficient (Wildman–Crippen LogP) is 4.36. The van der Waals surface area contributed by atoms with Gasteiger partial charge in [0.1, 0.15) is 23.3 Å². The second-order valence-electron chi connectivity index (χ2n) is 4.95. The van der Waals surface area contributed by atoms with E-state index in [0.717, 1.165) is 6.26 Å². The lowest BCUT2D eigenvalue weighted by Gasteiger charge is -2.08. The van der Waals surface area contributed by atoms with Crippen LogP contribution in [0.1, 0.15) is 0 Å². The largest absolute Gasteiger partial charge is 0.482 e. The highest BCUT2D eigenvalue weighted by Gasteiger charge is 2.12. The fraction of sp³-hybridized carbons (Fsp3) is 0.0588. The molecule has 0 aliphatic rings. The second-order valence-corrected chi connectivity index (χ2v) is 5.79. The third kappa shape index (κ3) is 3.87. The van der Waals surface area contributed by atoms with Crippen LogP contribution in [0.4, 0.5) is 0 Å². The highest BCUT2D eigenvalue weighted by Crippen LogP contribution is 2.31. The van der Waals surface area contributed by atoms with Crippen molar-refractivity contribution < 1.29 is 23.8 Å². The average molecular weight is 381 g/mol. The van der Waals surface area contributed by atoms with E-state index in [0.29, 0.717) is 10.0 Å². The van der Waals surface area contributed by atoms with Gasteiger partial charge < -0.3 is 19.0 Å². The number of rotatable bonds is 5. The lowest BCUT2D eigenvalue weighted by atomic mass is 10.2. The Balaban J connectivity index is 1.94. The van der Waals surface area contributed by atoms with E-state index < -0.39 is 18.0 Å².